The summed E-state index contributed by atoms with van der Waals surface area (Å²) < 4.78 is 0. The molecule has 1 heterocycles. The number of thioether (sulfide) groups is 1. The molecule has 0 spiro atoms. The van der Waals surface area contributed by atoms with Crippen molar-refractivity contribution < 1.29 is 4.79 Å². The van der Waals surface area contributed by atoms with Gasteiger partial charge in [-0.05, 0) is 25.7 Å². The van der Waals surface area contributed by atoms with E-state index in [2.05, 4.69) is 17.6 Å². The van der Waals surface area contributed by atoms with Gasteiger partial charge in [-0.15, -0.1) is 0 Å². The number of hydrogen-bond acceptors (Lipinski definition) is 3. The van der Waals surface area contributed by atoms with Crippen LogP contribution in [0.2, 0.25) is 0 Å². The Morgan fingerprint density at radius 3 is 2.94 bits per heavy atom. The van der Waals surface area contributed by atoms with Crippen molar-refractivity contribution in [3.8, 4) is 0 Å². The number of rotatable bonds is 4. The lowest BCUT2D eigenvalue weighted by atomic mass is 9.80. The van der Waals surface area contributed by atoms with E-state index in [0.29, 0.717) is 18.5 Å². The molecule has 0 aromatic rings. The third-order valence-corrected chi connectivity index (χ3v) is 4.81. The van der Waals surface area contributed by atoms with Gasteiger partial charge in [-0.2, -0.15) is 11.8 Å². The highest BCUT2D eigenvalue weighted by molar-refractivity contribution is 7.99. The number of carbonyl (C=O) groups is 1. The molecule has 0 bridgehead atoms. The van der Waals surface area contributed by atoms with Gasteiger partial charge in [0, 0.05) is 36.6 Å². The maximum absolute atomic E-state index is 11.8. The predicted molar refractivity (Wildman–Crippen MR) is 68.7 cm³/mol. The molecule has 2 rings (SSSR count). The van der Waals surface area contributed by atoms with Gasteiger partial charge in [0.25, 0.3) is 0 Å². The summed E-state index contributed by atoms with van der Waals surface area (Å²) in [5, 5.41) is 6.54. The van der Waals surface area contributed by atoms with Crippen molar-refractivity contribution in [2.45, 2.75) is 44.7 Å². The van der Waals surface area contributed by atoms with Crippen molar-refractivity contribution in [3.63, 3.8) is 0 Å². The Kier molecular flexibility index (Phi) is 4.53. The SMILES string of the molecule is CC(NC(=O)CC1CSCCN1)C1CCC1. The van der Waals surface area contributed by atoms with E-state index >= 15 is 0 Å². The number of nitrogens with one attached hydrogen (secondary N) is 2. The Labute approximate surface area is 102 Å². The average molecular weight is 242 g/mol. The fraction of sp³-hybridized carbons (Fsp3) is 0.917. The molecule has 2 unspecified atom stereocenters. The highest BCUT2D eigenvalue weighted by Crippen LogP contribution is 2.29. The lowest BCUT2D eigenvalue weighted by Crippen LogP contribution is -2.45. The predicted octanol–water partition coefficient (Wildman–Crippen LogP) is 1.39. The molecule has 0 aromatic heterocycles. The highest BCUT2D eigenvalue weighted by Gasteiger charge is 2.25. The third-order valence-electron chi connectivity index (χ3n) is 3.68. The third kappa shape index (κ3) is 3.39. The minimum absolute atomic E-state index is 0.222. The topological polar surface area (TPSA) is 41.1 Å². The number of amides is 1. The second-order valence-electron chi connectivity index (χ2n) is 4.98. The van der Waals surface area contributed by atoms with Crippen LogP contribution in [0.3, 0.4) is 0 Å². The van der Waals surface area contributed by atoms with E-state index in [1.54, 1.807) is 0 Å². The molecule has 1 saturated carbocycles. The molecule has 3 nitrogen and oxygen atoms in total. The summed E-state index contributed by atoms with van der Waals surface area (Å²) in [7, 11) is 0. The fourth-order valence-corrected chi connectivity index (χ4v) is 3.29. The molecule has 1 aliphatic carbocycles. The zero-order chi connectivity index (χ0) is 11.4. The first-order chi connectivity index (χ1) is 7.75. The lowest BCUT2D eigenvalue weighted by molar-refractivity contribution is -0.122. The highest BCUT2D eigenvalue weighted by atomic mass is 32.2. The largest absolute Gasteiger partial charge is 0.353 e. The van der Waals surface area contributed by atoms with Gasteiger partial charge in [-0.1, -0.05) is 6.42 Å². The van der Waals surface area contributed by atoms with Gasteiger partial charge in [-0.3, -0.25) is 4.79 Å². The van der Waals surface area contributed by atoms with Gasteiger partial charge in [0.1, 0.15) is 0 Å². The summed E-state index contributed by atoms with van der Waals surface area (Å²) in [6, 6.07) is 0.754. The zero-order valence-corrected chi connectivity index (χ0v) is 10.8. The molecule has 2 fully saturated rings. The molecule has 2 atom stereocenters. The van der Waals surface area contributed by atoms with Gasteiger partial charge < -0.3 is 10.6 Å². The van der Waals surface area contributed by atoms with E-state index in [-0.39, 0.29) is 5.91 Å². The van der Waals surface area contributed by atoms with Gasteiger partial charge in [0.2, 0.25) is 5.91 Å². The Morgan fingerprint density at radius 1 is 1.56 bits per heavy atom. The second-order valence-corrected chi connectivity index (χ2v) is 6.13. The maximum Gasteiger partial charge on any atom is 0.221 e. The molecular formula is C12H22N2OS. The second kappa shape index (κ2) is 5.92. The minimum atomic E-state index is 0.222. The van der Waals surface area contributed by atoms with Crippen LogP contribution in [-0.2, 0) is 4.79 Å². The fourth-order valence-electron chi connectivity index (χ4n) is 2.35. The molecular weight excluding hydrogens is 220 g/mol. The van der Waals surface area contributed by atoms with Crippen LogP contribution < -0.4 is 10.6 Å². The first-order valence-corrected chi connectivity index (χ1v) is 7.51. The molecule has 0 radical (unpaired) electrons. The summed E-state index contributed by atoms with van der Waals surface area (Å²) in [6.07, 6.45) is 4.56. The van der Waals surface area contributed by atoms with Gasteiger partial charge in [0.05, 0.1) is 0 Å². The van der Waals surface area contributed by atoms with E-state index < -0.39 is 0 Å². The Hall–Kier alpha value is -0.220. The van der Waals surface area contributed by atoms with E-state index in [4.69, 9.17) is 0 Å². The van der Waals surface area contributed by atoms with Crippen LogP contribution >= 0.6 is 11.8 Å². The maximum atomic E-state index is 11.8. The first-order valence-electron chi connectivity index (χ1n) is 6.36. The minimum Gasteiger partial charge on any atom is -0.353 e. The smallest absolute Gasteiger partial charge is 0.221 e. The summed E-state index contributed by atoms with van der Waals surface area (Å²) in [5.41, 5.74) is 0. The average Bonchev–Trinajstić information content (AvgIpc) is 2.15. The molecule has 2 N–H and O–H groups in total. The van der Waals surface area contributed by atoms with Crippen molar-refractivity contribution in [1.29, 1.82) is 0 Å². The van der Waals surface area contributed by atoms with Crippen LogP contribution in [0.1, 0.15) is 32.6 Å². The van der Waals surface area contributed by atoms with Crippen LogP contribution in [0, 0.1) is 5.92 Å². The number of hydrogen-bond donors (Lipinski definition) is 2. The molecule has 1 aliphatic heterocycles. The van der Waals surface area contributed by atoms with Crippen LogP contribution in [0.15, 0.2) is 0 Å². The summed E-state index contributed by atoms with van der Waals surface area (Å²) >= 11 is 1.94. The van der Waals surface area contributed by atoms with Crippen molar-refractivity contribution in [2.24, 2.45) is 5.92 Å². The van der Waals surface area contributed by atoms with Crippen molar-refractivity contribution in [3.05, 3.63) is 0 Å². The molecule has 1 saturated heterocycles. The van der Waals surface area contributed by atoms with Crippen LogP contribution in [0.4, 0.5) is 0 Å². The Bertz CT molecular complexity index is 231. The van der Waals surface area contributed by atoms with E-state index in [0.717, 1.165) is 18.2 Å². The summed E-state index contributed by atoms with van der Waals surface area (Å²) in [5.74, 6) is 3.21. The van der Waals surface area contributed by atoms with Crippen LogP contribution in [0.5, 0.6) is 0 Å². The van der Waals surface area contributed by atoms with Crippen molar-refractivity contribution >= 4 is 17.7 Å². The monoisotopic (exact) mass is 242 g/mol. The first kappa shape index (κ1) is 12.2. The standard InChI is InChI=1S/C12H22N2OS/c1-9(10-3-2-4-10)14-12(15)7-11-8-16-6-5-13-11/h9-11,13H,2-8H2,1H3,(H,14,15). The van der Waals surface area contributed by atoms with Crippen molar-refractivity contribution in [1.82, 2.24) is 10.6 Å². The molecule has 4 heteroatoms. The summed E-state index contributed by atoms with van der Waals surface area (Å²) in [6.45, 7) is 3.19. The Balaban J connectivity index is 1.66. The van der Waals surface area contributed by atoms with Gasteiger partial charge in [-0.25, -0.2) is 0 Å². The molecule has 16 heavy (non-hydrogen) atoms. The Morgan fingerprint density at radius 2 is 2.38 bits per heavy atom. The molecule has 0 aromatic carbocycles. The molecule has 2 aliphatic rings. The molecule has 92 valence electrons. The van der Waals surface area contributed by atoms with E-state index in [1.165, 1.54) is 25.0 Å². The van der Waals surface area contributed by atoms with Crippen LogP contribution in [0.25, 0.3) is 0 Å². The normalized spacial score (nSPS) is 28.2. The van der Waals surface area contributed by atoms with Crippen LogP contribution in [-0.4, -0.2) is 36.0 Å². The van der Waals surface area contributed by atoms with E-state index in [1.807, 2.05) is 11.8 Å². The zero-order valence-electron chi connectivity index (χ0n) is 10.00. The summed E-state index contributed by atoms with van der Waals surface area (Å²) in [4.78, 5) is 11.8. The molecule has 1 amide bonds. The number of carbonyl (C=O) groups excluding carboxylic acids is 1. The van der Waals surface area contributed by atoms with Crippen molar-refractivity contribution in [2.75, 3.05) is 18.1 Å². The van der Waals surface area contributed by atoms with E-state index in [9.17, 15) is 4.79 Å². The van der Waals surface area contributed by atoms with Gasteiger partial charge >= 0.3 is 0 Å². The van der Waals surface area contributed by atoms with Gasteiger partial charge in [0.15, 0.2) is 0 Å². The quantitative estimate of drug-likeness (QED) is 0.783. The lowest BCUT2D eigenvalue weighted by Gasteiger charge is -2.32.